The summed E-state index contributed by atoms with van der Waals surface area (Å²) < 4.78 is 41.3. The van der Waals surface area contributed by atoms with Crippen LogP contribution in [0.5, 0.6) is 0 Å². The van der Waals surface area contributed by atoms with E-state index in [0.29, 0.717) is 17.7 Å². The van der Waals surface area contributed by atoms with Gasteiger partial charge in [-0.1, -0.05) is 19.1 Å². The summed E-state index contributed by atoms with van der Waals surface area (Å²) in [6.45, 7) is 3.35. The number of carbonyl (C=O) groups excluding carboxylic acids is 2. The lowest BCUT2D eigenvalue weighted by atomic mass is 10.1. The van der Waals surface area contributed by atoms with E-state index >= 15 is 0 Å². The summed E-state index contributed by atoms with van der Waals surface area (Å²) in [7, 11) is -3.99. The number of aromatic nitrogens is 3. The molecule has 32 heavy (non-hydrogen) atoms. The van der Waals surface area contributed by atoms with Crippen molar-refractivity contribution in [2.24, 2.45) is 0 Å². The molecule has 10 nitrogen and oxygen atoms in total. The summed E-state index contributed by atoms with van der Waals surface area (Å²) in [5.74, 6) is -2.37. The molecule has 3 aromatic rings. The van der Waals surface area contributed by atoms with Crippen molar-refractivity contribution in [2.45, 2.75) is 31.6 Å². The van der Waals surface area contributed by atoms with Gasteiger partial charge < -0.3 is 11.1 Å². The number of anilines is 3. The first-order valence-electron chi connectivity index (χ1n) is 9.57. The van der Waals surface area contributed by atoms with E-state index < -0.39 is 27.7 Å². The average Bonchev–Trinajstić information content (AvgIpc) is 3.08. The van der Waals surface area contributed by atoms with E-state index in [9.17, 15) is 22.4 Å². The normalized spacial score (nSPS) is 11.2. The fourth-order valence-corrected chi connectivity index (χ4v) is 3.88. The fourth-order valence-electron chi connectivity index (χ4n) is 2.87. The minimum atomic E-state index is -3.99. The molecular weight excluding hydrogens is 439 g/mol. The van der Waals surface area contributed by atoms with Crippen LogP contribution in [-0.2, 0) is 14.8 Å². The molecule has 1 aromatic heterocycles. The Morgan fingerprint density at radius 3 is 2.47 bits per heavy atom. The van der Waals surface area contributed by atoms with Crippen molar-refractivity contribution in [3.8, 4) is 0 Å². The molecule has 2 aromatic carbocycles. The summed E-state index contributed by atoms with van der Waals surface area (Å²) >= 11 is 0. The number of aryl methyl sites for hydroxylation is 1. The molecule has 0 saturated carbocycles. The summed E-state index contributed by atoms with van der Waals surface area (Å²) in [5.41, 5.74) is 6.42. The monoisotopic (exact) mass is 460 g/mol. The van der Waals surface area contributed by atoms with Gasteiger partial charge in [0.25, 0.3) is 15.9 Å². The number of amides is 1. The first kappa shape index (κ1) is 22.9. The number of hydrogen-bond acceptors (Lipinski definition) is 8. The summed E-state index contributed by atoms with van der Waals surface area (Å²) in [4.78, 5) is 28.1. The van der Waals surface area contributed by atoms with Crippen LogP contribution in [-0.4, -0.2) is 35.0 Å². The van der Waals surface area contributed by atoms with Crippen molar-refractivity contribution < 1.29 is 22.4 Å². The summed E-state index contributed by atoms with van der Waals surface area (Å²) in [6.07, 6.45) is 0.617. The van der Waals surface area contributed by atoms with Gasteiger partial charge in [-0.3, -0.25) is 9.59 Å². The Bertz CT molecular complexity index is 1250. The number of halogens is 1. The smallest absolute Gasteiger partial charge is 0.284 e. The third kappa shape index (κ3) is 4.91. The van der Waals surface area contributed by atoms with Crippen LogP contribution in [0, 0.1) is 12.7 Å². The van der Waals surface area contributed by atoms with E-state index in [1.165, 1.54) is 30.3 Å². The zero-order valence-corrected chi connectivity index (χ0v) is 18.1. The van der Waals surface area contributed by atoms with Crippen molar-refractivity contribution >= 4 is 39.4 Å². The Kier molecular flexibility index (Phi) is 6.53. The molecule has 1 amide bonds. The second-order valence-electron chi connectivity index (χ2n) is 6.87. The van der Waals surface area contributed by atoms with E-state index in [-0.39, 0.29) is 28.8 Å². The van der Waals surface area contributed by atoms with Gasteiger partial charge in [0.2, 0.25) is 17.8 Å². The molecule has 0 unspecified atom stereocenters. The molecule has 0 radical (unpaired) electrons. The standard InChI is InChI=1S/C20H21FN6O4S/c1-3-5-16(28)26-32(30,31)14-10-8-13(9-11-14)23-20-24-19(22)27(25-20)18(29)17-12(2)6-4-7-15(17)21/h4,6-11H,3,5H2,1-2H3,(H,26,28)(H3,22,23,24,25). The van der Waals surface area contributed by atoms with Crippen LogP contribution < -0.4 is 15.8 Å². The number of hydrogen-bond donors (Lipinski definition) is 3. The zero-order valence-electron chi connectivity index (χ0n) is 17.3. The second-order valence-corrected chi connectivity index (χ2v) is 8.55. The van der Waals surface area contributed by atoms with Gasteiger partial charge in [0.05, 0.1) is 10.5 Å². The van der Waals surface area contributed by atoms with E-state index in [4.69, 9.17) is 5.73 Å². The minimum absolute atomic E-state index is 0.0447. The van der Waals surface area contributed by atoms with Gasteiger partial charge in [0.1, 0.15) is 5.82 Å². The van der Waals surface area contributed by atoms with Crippen LogP contribution in [0.4, 0.5) is 22.0 Å². The van der Waals surface area contributed by atoms with Crippen LogP contribution in [0.15, 0.2) is 47.4 Å². The lowest BCUT2D eigenvalue weighted by Crippen LogP contribution is -2.30. The minimum Gasteiger partial charge on any atom is -0.368 e. The Labute approximate surface area is 183 Å². The van der Waals surface area contributed by atoms with Gasteiger partial charge in [-0.25, -0.2) is 17.5 Å². The highest BCUT2D eigenvalue weighted by atomic mass is 32.2. The maximum Gasteiger partial charge on any atom is 0.284 e. The largest absolute Gasteiger partial charge is 0.368 e. The maximum atomic E-state index is 14.1. The van der Waals surface area contributed by atoms with E-state index in [0.717, 1.165) is 10.7 Å². The third-order valence-electron chi connectivity index (χ3n) is 4.41. The molecule has 168 valence electrons. The van der Waals surface area contributed by atoms with Crippen molar-refractivity contribution in [1.29, 1.82) is 0 Å². The highest BCUT2D eigenvalue weighted by molar-refractivity contribution is 7.90. The first-order valence-corrected chi connectivity index (χ1v) is 11.1. The number of nitrogens with one attached hydrogen (secondary N) is 2. The molecule has 0 fully saturated rings. The Morgan fingerprint density at radius 2 is 1.84 bits per heavy atom. The van der Waals surface area contributed by atoms with Crippen molar-refractivity contribution in [3.05, 3.63) is 59.4 Å². The van der Waals surface area contributed by atoms with Gasteiger partial charge in [-0.05, 0) is 49.2 Å². The maximum absolute atomic E-state index is 14.1. The van der Waals surface area contributed by atoms with Gasteiger partial charge >= 0.3 is 0 Å². The van der Waals surface area contributed by atoms with E-state index in [1.807, 2.05) is 4.72 Å². The highest BCUT2D eigenvalue weighted by Gasteiger charge is 2.21. The van der Waals surface area contributed by atoms with Gasteiger partial charge in [-0.15, -0.1) is 5.10 Å². The highest BCUT2D eigenvalue weighted by Crippen LogP contribution is 2.20. The van der Waals surface area contributed by atoms with Crippen LogP contribution in [0.3, 0.4) is 0 Å². The molecule has 4 N–H and O–H groups in total. The van der Waals surface area contributed by atoms with Crippen LogP contribution in [0.2, 0.25) is 0 Å². The number of nitrogens with two attached hydrogens (primary N) is 1. The number of sulfonamides is 1. The number of rotatable bonds is 7. The molecule has 12 heteroatoms. The lowest BCUT2D eigenvalue weighted by Gasteiger charge is -2.08. The SMILES string of the molecule is CCCC(=O)NS(=O)(=O)c1ccc(Nc2nc(N)n(C(=O)c3c(C)cccc3F)n2)cc1. The summed E-state index contributed by atoms with van der Waals surface area (Å²) in [6, 6.07) is 9.67. The topological polar surface area (TPSA) is 149 Å². The molecule has 0 aliphatic carbocycles. The van der Waals surface area contributed by atoms with Gasteiger partial charge in [0, 0.05) is 12.1 Å². The lowest BCUT2D eigenvalue weighted by molar-refractivity contribution is -0.119. The quantitative estimate of drug-likeness (QED) is 0.486. The molecule has 0 atom stereocenters. The number of benzene rings is 2. The van der Waals surface area contributed by atoms with Crippen molar-refractivity contribution in [1.82, 2.24) is 19.5 Å². The predicted octanol–water partition coefficient (Wildman–Crippen LogP) is 2.34. The molecule has 0 aliphatic heterocycles. The van der Waals surface area contributed by atoms with Crippen LogP contribution >= 0.6 is 0 Å². The Morgan fingerprint density at radius 1 is 1.16 bits per heavy atom. The van der Waals surface area contributed by atoms with Crippen LogP contribution in [0.1, 0.15) is 35.7 Å². The molecule has 0 spiro atoms. The number of nitrogen functional groups attached to an aromatic ring is 1. The van der Waals surface area contributed by atoms with E-state index in [2.05, 4.69) is 15.4 Å². The van der Waals surface area contributed by atoms with Gasteiger partial charge in [0.15, 0.2) is 0 Å². The molecule has 0 bridgehead atoms. The fraction of sp³-hybridized carbons (Fsp3) is 0.200. The Balaban J connectivity index is 1.78. The third-order valence-corrected chi connectivity index (χ3v) is 5.80. The molecule has 3 rings (SSSR count). The van der Waals surface area contributed by atoms with Crippen molar-refractivity contribution in [2.75, 3.05) is 11.1 Å². The number of nitrogens with zero attached hydrogens (tertiary/aromatic N) is 3. The van der Waals surface area contributed by atoms with Gasteiger partial charge in [-0.2, -0.15) is 9.67 Å². The molecule has 0 saturated heterocycles. The zero-order chi connectivity index (χ0) is 23.5. The Hall–Kier alpha value is -3.80. The van der Waals surface area contributed by atoms with Crippen LogP contribution in [0.25, 0.3) is 0 Å². The molecule has 0 aliphatic rings. The molecule has 1 heterocycles. The average molecular weight is 460 g/mol. The number of carbonyl (C=O) groups is 2. The molecular formula is C20H21FN6O4S. The van der Waals surface area contributed by atoms with E-state index in [1.54, 1.807) is 19.9 Å². The predicted molar refractivity (Wildman–Crippen MR) is 115 cm³/mol. The second kappa shape index (κ2) is 9.14. The first-order chi connectivity index (χ1) is 15.1. The summed E-state index contributed by atoms with van der Waals surface area (Å²) in [5, 5.41) is 6.76. The van der Waals surface area contributed by atoms with Crippen molar-refractivity contribution in [3.63, 3.8) is 0 Å².